The van der Waals surface area contributed by atoms with Crippen LogP contribution in [0, 0.1) is 5.92 Å². The van der Waals surface area contributed by atoms with E-state index in [1.165, 1.54) is 44.1 Å². The van der Waals surface area contributed by atoms with E-state index in [2.05, 4.69) is 62.7 Å². The number of anilines is 2. The standard InChI is InChI=1S/C20H29N5/c1-2-3-7-12-21-19-16-22-24-20(23-19)25-13-10-18(11-14-25)15-17-8-5-4-6-9-17/h4-6,8-9,16,18H,2-3,7,10-15H2,1H3,(H,21,23,24). The molecule has 1 fully saturated rings. The zero-order valence-electron chi connectivity index (χ0n) is 15.2. The Kier molecular flexibility index (Phi) is 6.60. The second-order valence-corrected chi connectivity index (χ2v) is 6.90. The second-order valence-electron chi connectivity index (χ2n) is 6.90. The van der Waals surface area contributed by atoms with E-state index >= 15 is 0 Å². The molecule has 1 saturated heterocycles. The Labute approximate surface area is 150 Å². The molecule has 0 aliphatic carbocycles. The lowest BCUT2D eigenvalue weighted by atomic mass is 9.90. The lowest BCUT2D eigenvalue weighted by molar-refractivity contribution is 0.400. The summed E-state index contributed by atoms with van der Waals surface area (Å²) in [6.07, 6.45) is 8.91. The van der Waals surface area contributed by atoms with Crippen LogP contribution in [0.1, 0.15) is 44.6 Å². The van der Waals surface area contributed by atoms with Crippen LogP contribution < -0.4 is 10.2 Å². The molecule has 1 aliphatic heterocycles. The van der Waals surface area contributed by atoms with E-state index in [0.717, 1.165) is 37.3 Å². The third kappa shape index (κ3) is 5.41. The molecule has 2 heterocycles. The number of hydrogen-bond donors (Lipinski definition) is 1. The fraction of sp³-hybridized carbons (Fsp3) is 0.550. The summed E-state index contributed by atoms with van der Waals surface area (Å²) >= 11 is 0. The monoisotopic (exact) mass is 339 g/mol. The summed E-state index contributed by atoms with van der Waals surface area (Å²) in [5.74, 6) is 2.35. The Morgan fingerprint density at radius 1 is 1.12 bits per heavy atom. The zero-order chi connectivity index (χ0) is 17.3. The van der Waals surface area contributed by atoms with Crippen LogP contribution in [-0.2, 0) is 6.42 Å². The third-order valence-corrected chi connectivity index (χ3v) is 4.90. The molecule has 1 aromatic carbocycles. The predicted molar refractivity (Wildman–Crippen MR) is 103 cm³/mol. The number of unbranched alkanes of at least 4 members (excludes halogenated alkanes) is 2. The van der Waals surface area contributed by atoms with Gasteiger partial charge in [0.2, 0.25) is 5.95 Å². The van der Waals surface area contributed by atoms with Crippen molar-refractivity contribution in [2.45, 2.75) is 45.4 Å². The molecule has 5 nitrogen and oxygen atoms in total. The Morgan fingerprint density at radius 2 is 1.92 bits per heavy atom. The molecular weight excluding hydrogens is 310 g/mol. The van der Waals surface area contributed by atoms with Gasteiger partial charge in [-0.1, -0.05) is 50.1 Å². The van der Waals surface area contributed by atoms with E-state index < -0.39 is 0 Å². The summed E-state index contributed by atoms with van der Waals surface area (Å²) in [5, 5.41) is 11.7. The SMILES string of the molecule is CCCCCNc1cnnc(N2CCC(Cc3ccccc3)CC2)n1. The first kappa shape index (κ1) is 17.6. The molecule has 0 amide bonds. The van der Waals surface area contributed by atoms with Crippen molar-refractivity contribution in [3.05, 3.63) is 42.1 Å². The molecule has 3 rings (SSSR count). The van der Waals surface area contributed by atoms with E-state index in [9.17, 15) is 0 Å². The number of aromatic nitrogens is 3. The quantitative estimate of drug-likeness (QED) is 0.739. The number of rotatable bonds is 8. The normalized spacial score (nSPS) is 15.3. The van der Waals surface area contributed by atoms with Crippen molar-refractivity contribution in [1.82, 2.24) is 15.2 Å². The highest BCUT2D eigenvalue weighted by Gasteiger charge is 2.21. The number of piperidine rings is 1. The lowest BCUT2D eigenvalue weighted by Gasteiger charge is -2.31. The van der Waals surface area contributed by atoms with E-state index in [0.29, 0.717) is 0 Å². The highest BCUT2D eigenvalue weighted by Crippen LogP contribution is 2.24. The molecule has 2 aromatic rings. The van der Waals surface area contributed by atoms with Crippen molar-refractivity contribution < 1.29 is 0 Å². The van der Waals surface area contributed by atoms with Crippen molar-refractivity contribution in [1.29, 1.82) is 0 Å². The molecule has 0 atom stereocenters. The van der Waals surface area contributed by atoms with Gasteiger partial charge in [0.05, 0.1) is 6.20 Å². The maximum absolute atomic E-state index is 4.64. The fourth-order valence-corrected chi connectivity index (χ4v) is 3.39. The first-order chi connectivity index (χ1) is 12.3. The largest absolute Gasteiger partial charge is 0.369 e. The Morgan fingerprint density at radius 3 is 2.68 bits per heavy atom. The van der Waals surface area contributed by atoms with Crippen molar-refractivity contribution in [3.63, 3.8) is 0 Å². The van der Waals surface area contributed by atoms with Crippen molar-refractivity contribution in [3.8, 4) is 0 Å². The van der Waals surface area contributed by atoms with Gasteiger partial charge in [-0.25, -0.2) is 0 Å². The van der Waals surface area contributed by atoms with E-state index in [4.69, 9.17) is 0 Å². The number of nitrogens with one attached hydrogen (secondary N) is 1. The molecular formula is C20H29N5. The summed E-state index contributed by atoms with van der Waals surface area (Å²) in [7, 11) is 0. The maximum atomic E-state index is 4.64. The lowest BCUT2D eigenvalue weighted by Crippen LogP contribution is -2.35. The highest BCUT2D eigenvalue weighted by atomic mass is 15.3. The van der Waals surface area contributed by atoms with Gasteiger partial charge in [-0.3, -0.25) is 0 Å². The summed E-state index contributed by atoms with van der Waals surface area (Å²) in [4.78, 5) is 6.91. The summed E-state index contributed by atoms with van der Waals surface area (Å²) in [6, 6.07) is 10.8. The second kappa shape index (κ2) is 9.35. The van der Waals surface area contributed by atoms with Gasteiger partial charge in [0.25, 0.3) is 0 Å². The van der Waals surface area contributed by atoms with E-state index in [1.54, 1.807) is 6.20 Å². The molecule has 0 unspecified atom stereocenters. The number of benzene rings is 1. The van der Waals surface area contributed by atoms with Crippen LogP contribution in [0.3, 0.4) is 0 Å². The minimum absolute atomic E-state index is 0.752. The summed E-state index contributed by atoms with van der Waals surface area (Å²) < 4.78 is 0. The number of hydrogen-bond acceptors (Lipinski definition) is 5. The highest BCUT2D eigenvalue weighted by molar-refractivity contribution is 5.39. The molecule has 25 heavy (non-hydrogen) atoms. The molecule has 0 bridgehead atoms. The van der Waals surface area contributed by atoms with Crippen molar-refractivity contribution >= 4 is 11.8 Å². The average Bonchev–Trinajstić information content (AvgIpc) is 2.67. The molecule has 0 radical (unpaired) electrons. The molecule has 1 aliphatic rings. The Hall–Kier alpha value is -2.17. The van der Waals surface area contributed by atoms with Gasteiger partial charge in [-0.15, -0.1) is 5.10 Å². The van der Waals surface area contributed by atoms with Crippen molar-refractivity contribution in [2.75, 3.05) is 29.9 Å². The minimum atomic E-state index is 0.752. The van der Waals surface area contributed by atoms with Crippen molar-refractivity contribution in [2.24, 2.45) is 5.92 Å². The fourth-order valence-electron chi connectivity index (χ4n) is 3.39. The number of nitrogens with zero attached hydrogens (tertiary/aromatic N) is 4. The first-order valence-electron chi connectivity index (χ1n) is 9.57. The van der Waals surface area contributed by atoms with Crippen LogP contribution in [0.4, 0.5) is 11.8 Å². The first-order valence-corrected chi connectivity index (χ1v) is 9.57. The summed E-state index contributed by atoms with van der Waals surface area (Å²) in [6.45, 7) is 5.19. The van der Waals surface area contributed by atoms with Gasteiger partial charge >= 0.3 is 0 Å². The molecule has 0 saturated carbocycles. The smallest absolute Gasteiger partial charge is 0.247 e. The van der Waals surface area contributed by atoms with Crippen LogP contribution in [0.25, 0.3) is 0 Å². The van der Waals surface area contributed by atoms with Gasteiger partial charge in [0.15, 0.2) is 5.82 Å². The van der Waals surface area contributed by atoms with Gasteiger partial charge in [-0.2, -0.15) is 10.1 Å². The molecule has 5 heteroatoms. The molecule has 1 N–H and O–H groups in total. The van der Waals surface area contributed by atoms with Crippen LogP contribution in [0.15, 0.2) is 36.5 Å². The van der Waals surface area contributed by atoms with Gasteiger partial charge in [0, 0.05) is 19.6 Å². The molecule has 1 aromatic heterocycles. The maximum Gasteiger partial charge on any atom is 0.247 e. The Bertz CT molecular complexity index is 623. The van der Waals surface area contributed by atoms with Gasteiger partial charge in [-0.05, 0) is 37.2 Å². The Balaban J connectivity index is 1.49. The van der Waals surface area contributed by atoms with Crippen LogP contribution in [0.2, 0.25) is 0 Å². The van der Waals surface area contributed by atoms with E-state index in [1.807, 2.05) is 0 Å². The van der Waals surface area contributed by atoms with Gasteiger partial charge < -0.3 is 10.2 Å². The van der Waals surface area contributed by atoms with Gasteiger partial charge in [0.1, 0.15) is 0 Å². The predicted octanol–water partition coefficient (Wildman–Crippen LogP) is 3.93. The van der Waals surface area contributed by atoms with E-state index in [-0.39, 0.29) is 0 Å². The summed E-state index contributed by atoms with van der Waals surface area (Å²) in [5.41, 5.74) is 1.44. The zero-order valence-corrected chi connectivity index (χ0v) is 15.2. The average molecular weight is 339 g/mol. The molecule has 0 spiro atoms. The van der Waals surface area contributed by atoms with Crippen LogP contribution >= 0.6 is 0 Å². The third-order valence-electron chi connectivity index (χ3n) is 4.90. The topological polar surface area (TPSA) is 53.9 Å². The van der Waals surface area contributed by atoms with Crippen LogP contribution in [-0.4, -0.2) is 34.8 Å². The minimum Gasteiger partial charge on any atom is -0.369 e. The molecule has 134 valence electrons. The van der Waals surface area contributed by atoms with Crippen LogP contribution in [0.5, 0.6) is 0 Å².